The van der Waals surface area contributed by atoms with E-state index >= 15 is 0 Å². The molecular weight excluding hydrogens is 250 g/mol. The van der Waals surface area contributed by atoms with Gasteiger partial charge < -0.3 is 15.5 Å². The molecule has 2 aliphatic rings. The third kappa shape index (κ3) is 5.41. The zero-order valence-corrected chi connectivity index (χ0v) is 13.0. The average Bonchev–Trinajstić information content (AvgIpc) is 2.75. The molecule has 4 nitrogen and oxygen atoms in total. The molecule has 2 N–H and O–H groups in total. The Morgan fingerprint density at radius 3 is 2.70 bits per heavy atom. The first-order chi connectivity index (χ1) is 9.75. The van der Waals surface area contributed by atoms with Crippen LogP contribution in [0.1, 0.15) is 57.8 Å². The van der Waals surface area contributed by atoms with E-state index in [0.717, 1.165) is 19.6 Å². The first-order valence-corrected chi connectivity index (χ1v) is 8.46. The van der Waals surface area contributed by atoms with Crippen LogP contribution in [0, 0.1) is 0 Å². The van der Waals surface area contributed by atoms with Crippen molar-refractivity contribution in [3.8, 4) is 0 Å². The fraction of sp³-hybridized carbons (Fsp3) is 0.938. The molecule has 4 heteroatoms. The topological polar surface area (TPSA) is 44.4 Å². The van der Waals surface area contributed by atoms with Crippen LogP contribution in [0.3, 0.4) is 0 Å². The number of amides is 1. The Labute approximate surface area is 123 Å². The molecule has 0 aromatic carbocycles. The summed E-state index contributed by atoms with van der Waals surface area (Å²) in [5.41, 5.74) is 0. The molecule has 116 valence electrons. The van der Waals surface area contributed by atoms with Gasteiger partial charge in [-0.25, -0.2) is 0 Å². The SMILES string of the molecule is CN(CCC(=O)NC1CCCCC1)C1CCCNCC1. The fourth-order valence-electron chi connectivity index (χ4n) is 3.45. The number of nitrogens with one attached hydrogen (secondary N) is 2. The maximum atomic E-state index is 12.0. The second-order valence-electron chi connectivity index (χ2n) is 6.47. The summed E-state index contributed by atoms with van der Waals surface area (Å²) in [4.78, 5) is 14.4. The molecule has 0 spiro atoms. The predicted molar refractivity (Wildman–Crippen MR) is 82.8 cm³/mol. The normalized spacial score (nSPS) is 25.4. The van der Waals surface area contributed by atoms with E-state index in [9.17, 15) is 4.79 Å². The van der Waals surface area contributed by atoms with E-state index in [2.05, 4.69) is 22.6 Å². The Morgan fingerprint density at radius 1 is 1.10 bits per heavy atom. The first kappa shape index (κ1) is 15.8. The molecule has 0 aromatic rings. The number of hydrogen-bond acceptors (Lipinski definition) is 3. The number of nitrogens with zero attached hydrogens (tertiary/aromatic N) is 1. The van der Waals surface area contributed by atoms with Gasteiger partial charge >= 0.3 is 0 Å². The molecular formula is C16H31N3O. The maximum Gasteiger partial charge on any atom is 0.221 e. The Hall–Kier alpha value is -0.610. The zero-order chi connectivity index (χ0) is 14.2. The van der Waals surface area contributed by atoms with Crippen molar-refractivity contribution < 1.29 is 4.79 Å². The van der Waals surface area contributed by atoms with Crippen LogP contribution in [0.4, 0.5) is 0 Å². The first-order valence-electron chi connectivity index (χ1n) is 8.46. The highest BCUT2D eigenvalue weighted by atomic mass is 16.1. The van der Waals surface area contributed by atoms with Gasteiger partial charge in [0.25, 0.3) is 0 Å². The van der Waals surface area contributed by atoms with E-state index in [-0.39, 0.29) is 5.91 Å². The zero-order valence-electron chi connectivity index (χ0n) is 13.0. The molecule has 1 amide bonds. The summed E-state index contributed by atoms with van der Waals surface area (Å²) in [5, 5.41) is 6.66. The Balaban J connectivity index is 1.63. The smallest absolute Gasteiger partial charge is 0.221 e. The molecule has 2 rings (SSSR count). The van der Waals surface area contributed by atoms with E-state index in [1.807, 2.05) is 0 Å². The molecule has 1 saturated carbocycles. The van der Waals surface area contributed by atoms with Crippen LogP contribution in [0.2, 0.25) is 0 Å². The second kappa shape index (κ2) is 8.63. The van der Waals surface area contributed by atoms with Crippen LogP contribution >= 0.6 is 0 Å². The summed E-state index contributed by atoms with van der Waals surface area (Å²) < 4.78 is 0. The Morgan fingerprint density at radius 2 is 1.90 bits per heavy atom. The molecule has 0 radical (unpaired) electrons. The number of rotatable bonds is 5. The van der Waals surface area contributed by atoms with Gasteiger partial charge in [0, 0.05) is 25.0 Å². The van der Waals surface area contributed by atoms with E-state index in [1.54, 1.807) is 0 Å². The third-order valence-corrected chi connectivity index (χ3v) is 4.83. The quantitative estimate of drug-likeness (QED) is 0.809. The van der Waals surface area contributed by atoms with Crippen molar-refractivity contribution in [2.24, 2.45) is 0 Å². The second-order valence-corrected chi connectivity index (χ2v) is 6.47. The van der Waals surface area contributed by atoms with Crippen LogP contribution in [0.25, 0.3) is 0 Å². The highest BCUT2D eigenvalue weighted by Gasteiger charge is 2.19. The van der Waals surface area contributed by atoms with Gasteiger partial charge in [-0.05, 0) is 52.2 Å². The van der Waals surface area contributed by atoms with Gasteiger partial charge in [-0.15, -0.1) is 0 Å². The number of hydrogen-bond donors (Lipinski definition) is 2. The van der Waals surface area contributed by atoms with E-state index in [4.69, 9.17) is 0 Å². The minimum atomic E-state index is 0.246. The summed E-state index contributed by atoms with van der Waals surface area (Å²) in [6, 6.07) is 1.09. The van der Waals surface area contributed by atoms with Crippen molar-refractivity contribution in [3.05, 3.63) is 0 Å². The van der Waals surface area contributed by atoms with Gasteiger partial charge in [0.2, 0.25) is 5.91 Å². The van der Waals surface area contributed by atoms with Crippen LogP contribution in [-0.4, -0.2) is 49.6 Å². The van der Waals surface area contributed by atoms with Gasteiger partial charge in [-0.1, -0.05) is 19.3 Å². The van der Waals surface area contributed by atoms with Crippen LogP contribution in [0.5, 0.6) is 0 Å². The van der Waals surface area contributed by atoms with E-state index in [1.165, 1.54) is 51.4 Å². The van der Waals surface area contributed by atoms with Crippen molar-refractivity contribution in [1.29, 1.82) is 0 Å². The van der Waals surface area contributed by atoms with E-state index in [0.29, 0.717) is 18.5 Å². The van der Waals surface area contributed by atoms with Crippen molar-refractivity contribution in [1.82, 2.24) is 15.5 Å². The minimum absolute atomic E-state index is 0.246. The van der Waals surface area contributed by atoms with Crippen molar-refractivity contribution >= 4 is 5.91 Å². The lowest BCUT2D eigenvalue weighted by Crippen LogP contribution is -2.39. The highest BCUT2D eigenvalue weighted by Crippen LogP contribution is 2.17. The summed E-state index contributed by atoms with van der Waals surface area (Å²) in [7, 11) is 2.17. The highest BCUT2D eigenvalue weighted by molar-refractivity contribution is 5.76. The minimum Gasteiger partial charge on any atom is -0.353 e. The van der Waals surface area contributed by atoms with Crippen LogP contribution in [-0.2, 0) is 4.79 Å². The standard InChI is InChI=1S/C16H31N3O/c1-19(15-8-5-11-17-12-9-15)13-10-16(20)18-14-6-3-2-4-7-14/h14-15,17H,2-13H2,1H3,(H,18,20). The molecule has 1 atom stereocenters. The number of carbonyl (C=O) groups is 1. The molecule has 2 fully saturated rings. The maximum absolute atomic E-state index is 12.0. The fourth-order valence-corrected chi connectivity index (χ4v) is 3.45. The number of carbonyl (C=O) groups excluding carboxylic acids is 1. The summed E-state index contributed by atoms with van der Waals surface area (Å²) >= 11 is 0. The van der Waals surface area contributed by atoms with Gasteiger partial charge in [0.05, 0.1) is 0 Å². The van der Waals surface area contributed by atoms with Crippen molar-refractivity contribution in [2.75, 3.05) is 26.7 Å². The average molecular weight is 281 g/mol. The monoisotopic (exact) mass is 281 g/mol. The molecule has 1 aliphatic heterocycles. The van der Waals surface area contributed by atoms with Crippen LogP contribution < -0.4 is 10.6 Å². The van der Waals surface area contributed by atoms with Gasteiger partial charge in [0.15, 0.2) is 0 Å². The van der Waals surface area contributed by atoms with Gasteiger partial charge in [-0.3, -0.25) is 4.79 Å². The molecule has 1 saturated heterocycles. The molecule has 20 heavy (non-hydrogen) atoms. The third-order valence-electron chi connectivity index (χ3n) is 4.83. The van der Waals surface area contributed by atoms with Crippen molar-refractivity contribution in [2.45, 2.75) is 69.9 Å². The molecule has 0 aromatic heterocycles. The summed E-state index contributed by atoms with van der Waals surface area (Å²) in [6.07, 6.45) is 10.6. The lowest BCUT2D eigenvalue weighted by molar-refractivity contribution is -0.122. The molecule has 1 heterocycles. The lowest BCUT2D eigenvalue weighted by Gasteiger charge is -2.27. The van der Waals surface area contributed by atoms with Gasteiger partial charge in [-0.2, -0.15) is 0 Å². The summed E-state index contributed by atoms with van der Waals surface area (Å²) in [5.74, 6) is 0.246. The summed E-state index contributed by atoms with van der Waals surface area (Å²) in [6.45, 7) is 3.15. The molecule has 0 bridgehead atoms. The molecule has 1 unspecified atom stereocenters. The van der Waals surface area contributed by atoms with Crippen molar-refractivity contribution in [3.63, 3.8) is 0 Å². The Kier molecular flexibility index (Phi) is 6.80. The Bertz CT molecular complexity index is 281. The molecule has 1 aliphatic carbocycles. The van der Waals surface area contributed by atoms with Gasteiger partial charge in [0.1, 0.15) is 0 Å². The van der Waals surface area contributed by atoms with E-state index < -0.39 is 0 Å². The predicted octanol–water partition coefficient (Wildman–Crippen LogP) is 1.90. The largest absolute Gasteiger partial charge is 0.353 e. The lowest BCUT2D eigenvalue weighted by atomic mass is 9.95. The van der Waals surface area contributed by atoms with Crippen LogP contribution in [0.15, 0.2) is 0 Å².